The monoisotopic (exact) mass is 297 g/mol. The number of thioether (sulfide) groups is 1. The number of hydrogen-bond acceptors (Lipinski definition) is 5. The van der Waals surface area contributed by atoms with Crippen LogP contribution in [0, 0.1) is 0 Å². The molecule has 0 saturated carbocycles. The summed E-state index contributed by atoms with van der Waals surface area (Å²) in [5.41, 5.74) is 1.17. The molecule has 0 fully saturated rings. The van der Waals surface area contributed by atoms with Crippen LogP contribution in [0.3, 0.4) is 0 Å². The van der Waals surface area contributed by atoms with Crippen LogP contribution in [0.2, 0.25) is 0 Å². The average Bonchev–Trinajstić information content (AvgIpc) is 2.48. The summed E-state index contributed by atoms with van der Waals surface area (Å²) in [6.07, 6.45) is 2.02. The number of aliphatic hydroxyl groups excluding tert-OH is 1. The normalized spacial score (nSPS) is 18.4. The first-order valence-electron chi connectivity index (χ1n) is 6.95. The van der Waals surface area contributed by atoms with Gasteiger partial charge in [-0.1, -0.05) is 6.07 Å². The van der Waals surface area contributed by atoms with Crippen LogP contribution >= 0.6 is 11.8 Å². The van der Waals surface area contributed by atoms with Gasteiger partial charge in [0, 0.05) is 17.3 Å². The smallest absolute Gasteiger partial charge is 0.161 e. The van der Waals surface area contributed by atoms with Crippen LogP contribution in [0.25, 0.3) is 0 Å². The first-order valence-corrected chi connectivity index (χ1v) is 8.23. The Balaban J connectivity index is 2.03. The van der Waals surface area contributed by atoms with Gasteiger partial charge in [-0.2, -0.15) is 11.8 Å². The maximum Gasteiger partial charge on any atom is 0.161 e. The highest BCUT2D eigenvalue weighted by atomic mass is 32.2. The highest BCUT2D eigenvalue weighted by Gasteiger charge is 2.19. The number of aliphatic hydroxyl groups is 1. The van der Waals surface area contributed by atoms with Gasteiger partial charge in [-0.15, -0.1) is 0 Å². The Morgan fingerprint density at radius 1 is 1.25 bits per heavy atom. The number of ether oxygens (including phenoxy) is 2. The Morgan fingerprint density at radius 3 is 2.60 bits per heavy atom. The topological polar surface area (TPSA) is 50.7 Å². The van der Waals surface area contributed by atoms with Crippen molar-refractivity contribution in [2.24, 2.45) is 0 Å². The van der Waals surface area contributed by atoms with Crippen LogP contribution in [0.1, 0.15) is 25.5 Å². The van der Waals surface area contributed by atoms with Crippen molar-refractivity contribution in [3.05, 3.63) is 23.8 Å². The maximum absolute atomic E-state index is 9.34. The van der Waals surface area contributed by atoms with Gasteiger partial charge in [0.2, 0.25) is 0 Å². The van der Waals surface area contributed by atoms with Crippen LogP contribution in [0.5, 0.6) is 11.5 Å². The van der Waals surface area contributed by atoms with E-state index in [-0.39, 0.29) is 23.9 Å². The number of benzene rings is 1. The molecule has 1 aromatic carbocycles. The van der Waals surface area contributed by atoms with E-state index in [0.29, 0.717) is 13.2 Å². The molecular weight excluding hydrogens is 274 g/mol. The van der Waals surface area contributed by atoms with Crippen LogP contribution in [-0.4, -0.2) is 42.5 Å². The molecule has 2 rings (SSSR count). The van der Waals surface area contributed by atoms with E-state index >= 15 is 0 Å². The van der Waals surface area contributed by atoms with Gasteiger partial charge in [-0.25, -0.2) is 0 Å². The molecule has 1 aliphatic rings. The largest absolute Gasteiger partial charge is 0.486 e. The Bertz CT molecular complexity index is 437. The first kappa shape index (κ1) is 15.5. The Kier molecular flexibility index (Phi) is 5.57. The number of rotatable bonds is 6. The van der Waals surface area contributed by atoms with Crippen molar-refractivity contribution < 1.29 is 14.6 Å². The molecular formula is C15H23NO3S. The summed E-state index contributed by atoms with van der Waals surface area (Å²) >= 11 is 1.68. The van der Waals surface area contributed by atoms with E-state index < -0.39 is 0 Å². The van der Waals surface area contributed by atoms with Crippen molar-refractivity contribution in [3.63, 3.8) is 0 Å². The summed E-state index contributed by atoms with van der Waals surface area (Å²) in [6.45, 7) is 5.63. The lowest BCUT2D eigenvalue weighted by atomic mass is 10.1. The second-order valence-electron chi connectivity index (χ2n) is 5.04. The predicted octanol–water partition coefficient (Wildman–Crippen LogP) is 2.22. The zero-order chi connectivity index (χ0) is 14.5. The second kappa shape index (κ2) is 7.20. The molecule has 112 valence electrons. The fourth-order valence-corrected chi connectivity index (χ4v) is 3.00. The molecule has 0 bridgehead atoms. The third-order valence-electron chi connectivity index (χ3n) is 3.62. The highest BCUT2D eigenvalue weighted by molar-refractivity contribution is 7.99. The molecule has 0 amide bonds. The van der Waals surface area contributed by atoms with E-state index in [1.807, 2.05) is 18.4 Å². The fourth-order valence-electron chi connectivity index (χ4n) is 2.36. The summed E-state index contributed by atoms with van der Waals surface area (Å²) in [4.78, 5) is 0. The van der Waals surface area contributed by atoms with Crippen LogP contribution in [0.4, 0.5) is 0 Å². The lowest BCUT2D eigenvalue weighted by molar-refractivity contribution is 0.171. The molecule has 20 heavy (non-hydrogen) atoms. The molecule has 0 saturated heterocycles. The third kappa shape index (κ3) is 3.59. The molecule has 3 atom stereocenters. The van der Waals surface area contributed by atoms with Crippen molar-refractivity contribution in [1.29, 1.82) is 0 Å². The van der Waals surface area contributed by atoms with Crippen molar-refractivity contribution in [2.45, 2.75) is 31.2 Å². The summed E-state index contributed by atoms with van der Waals surface area (Å²) < 4.78 is 11.1. The zero-order valence-electron chi connectivity index (χ0n) is 12.3. The predicted molar refractivity (Wildman–Crippen MR) is 82.8 cm³/mol. The summed E-state index contributed by atoms with van der Waals surface area (Å²) in [5.74, 6) is 1.64. The molecule has 0 spiro atoms. The average molecular weight is 297 g/mol. The van der Waals surface area contributed by atoms with E-state index in [9.17, 15) is 5.11 Å². The standard InChI is InChI=1S/C15H23NO3S/c1-10(16-11(2)15(9-17)20-3)12-4-5-13-14(8-12)19-7-6-18-13/h4-5,8,10-11,15-17H,6-7,9H2,1-3H3. The molecule has 1 aliphatic heterocycles. The lowest BCUT2D eigenvalue weighted by Gasteiger charge is -2.26. The molecule has 5 heteroatoms. The van der Waals surface area contributed by atoms with Gasteiger partial charge in [0.05, 0.1) is 6.61 Å². The van der Waals surface area contributed by atoms with Crippen LogP contribution < -0.4 is 14.8 Å². The molecule has 0 radical (unpaired) electrons. The molecule has 1 heterocycles. The van der Waals surface area contributed by atoms with Gasteiger partial charge in [-0.05, 0) is 37.8 Å². The minimum atomic E-state index is 0.184. The van der Waals surface area contributed by atoms with Gasteiger partial charge in [0.25, 0.3) is 0 Å². The van der Waals surface area contributed by atoms with E-state index in [2.05, 4.69) is 25.2 Å². The molecule has 1 aromatic rings. The second-order valence-corrected chi connectivity index (χ2v) is 6.11. The van der Waals surface area contributed by atoms with Crippen molar-refractivity contribution >= 4 is 11.8 Å². The summed E-state index contributed by atoms with van der Waals surface area (Å²) in [6, 6.07) is 6.49. The Morgan fingerprint density at radius 2 is 1.95 bits per heavy atom. The molecule has 0 aliphatic carbocycles. The van der Waals surface area contributed by atoms with Crippen LogP contribution in [-0.2, 0) is 0 Å². The van der Waals surface area contributed by atoms with Gasteiger partial charge < -0.3 is 19.9 Å². The van der Waals surface area contributed by atoms with E-state index in [4.69, 9.17) is 9.47 Å². The van der Waals surface area contributed by atoms with E-state index in [1.54, 1.807) is 11.8 Å². The Hall–Kier alpha value is -0.910. The van der Waals surface area contributed by atoms with Gasteiger partial charge in [0.15, 0.2) is 11.5 Å². The molecule has 0 aromatic heterocycles. The van der Waals surface area contributed by atoms with Crippen molar-refractivity contribution in [3.8, 4) is 11.5 Å². The third-order valence-corrected chi connectivity index (χ3v) is 4.78. The lowest BCUT2D eigenvalue weighted by Crippen LogP contribution is -2.38. The highest BCUT2D eigenvalue weighted by Crippen LogP contribution is 2.32. The molecule has 2 N–H and O–H groups in total. The van der Waals surface area contributed by atoms with Gasteiger partial charge in [0.1, 0.15) is 13.2 Å². The van der Waals surface area contributed by atoms with Crippen molar-refractivity contribution in [1.82, 2.24) is 5.32 Å². The fraction of sp³-hybridized carbons (Fsp3) is 0.600. The SMILES string of the molecule is CSC(CO)C(C)NC(C)c1ccc2c(c1)OCCO2. The number of hydrogen-bond donors (Lipinski definition) is 2. The Labute approximate surface area is 124 Å². The van der Waals surface area contributed by atoms with Crippen molar-refractivity contribution in [2.75, 3.05) is 26.1 Å². The minimum absolute atomic E-state index is 0.184. The van der Waals surface area contributed by atoms with E-state index in [0.717, 1.165) is 11.5 Å². The quantitative estimate of drug-likeness (QED) is 0.843. The minimum Gasteiger partial charge on any atom is -0.486 e. The zero-order valence-corrected chi connectivity index (χ0v) is 13.1. The molecule has 3 unspecified atom stereocenters. The number of fused-ring (bicyclic) bond motifs is 1. The summed E-state index contributed by atoms with van der Waals surface area (Å²) in [7, 11) is 0. The molecule has 4 nitrogen and oxygen atoms in total. The van der Waals surface area contributed by atoms with Gasteiger partial charge in [-0.3, -0.25) is 0 Å². The van der Waals surface area contributed by atoms with E-state index in [1.165, 1.54) is 5.56 Å². The van der Waals surface area contributed by atoms with Crippen LogP contribution in [0.15, 0.2) is 18.2 Å². The maximum atomic E-state index is 9.34. The summed E-state index contributed by atoms with van der Waals surface area (Å²) in [5, 5.41) is 13.1. The van der Waals surface area contributed by atoms with Gasteiger partial charge >= 0.3 is 0 Å². The number of nitrogens with one attached hydrogen (secondary N) is 1. The first-order chi connectivity index (χ1) is 9.65.